The SMILES string of the molecule is CC.CC(C)[C@@H](C)NC(=O)C(C)(F)F.[HH]. The number of alkyl halides is 2. The Hall–Kier alpha value is -0.670. The van der Waals surface area contributed by atoms with E-state index in [4.69, 9.17) is 0 Å². The third kappa shape index (κ3) is 6.80. The molecular formula is C10H23F2NO. The zero-order valence-electron chi connectivity index (χ0n) is 9.82. The van der Waals surface area contributed by atoms with Crippen molar-refractivity contribution >= 4 is 5.91 Å². The van der Waals surface area contributed by atoms with E-state index < -0.39 is 11.8 Å². The van der Waals surface area contributed by atoms with Gasteiger partial charge in [-0.1, -0.05) is 27.7 Å². The standard InChI is InChI=1S/C8H15F2NO.C2H6.H2/c1-5(2)6(3)11-7(12)8(4,9)10;1-2;/h5-6H,1-4H3,(H,11,12);1-2H3;1H/t6-;;/m1../s1. The topological polar surface area (TPSA) is 29.1 Å². The molecule has 88 valence electrons. The Balaban J connectivity index is -0.000000449. The van der Waals surface area contributed by atoms with E-state index in [2.05, 4.69) is 5.32 Å². The third-order valence-corrected chi connectivity index (χ3v) is 1.76. The Morgan fingerprint density at radius 2 is 1.64 bits per heavy atom. The molecule has 0 fully saturated rings. The molecule has 0 aliphatic carbocycles. The first kappa shape index (κ1) is 15.8. The lowest BCUT2D eigenvalue weighted by atomic mass is 10.1. The highest BCUT2D eigenvalue weighted by Gasteiger charge is 2.33. The van der Waals surface area contributed by atoms with E-state index in [1.165, 1.54) is 0 Å². The van der Waals surface area contributed by atoms with Crippen LogP contribution in [0.1, 0.15) is 43.0 Å². The van der Waals surface area contributed by atoms with Gasteiger partial charge in [0, 0.05) is 14.4 Å². The van der Waals surface area contributed by atoms with Gasteiger partial charge in [-0.3, -0.25) is 4.79 Å². The van der Waals surface area contributed by atoms with Gasteiger partial charge in [-0.2, -0.15) is 8.78 Å². The minimum Gasteiger partial charge on any atom is -0.348 e. The van der Waals surface area contributed by atoms with Crippen LogP contribution in [0.3, 0.4) is 0 Å². The van der Waals surface area contributed by atoms with Crippen molar-refractivity contribution in [2.24, 2.45) is 5.92 Å². The first-order chi connectivity index (χ1) is 6.25. The highest BCUT2D eigenvalue weighted by Crippen LogP contribution is 2.12. The Labute approximate surface area is 86.6 Å². The second-order valence-corrected chi connectivity index (χ2v) is 3.39. The van der Waals surface area contributed by atoms with E-state index >= 15 is 0 Å². The van der Waals surface area contributed by atoms with E-state index in [9.17, 15) is 13.6 Å². The maximum absolute atomic E-state index is 12.3. The van der Waals surface area contributed by atoms with Crippen LogP contribution < -0.4 is 5.32 Å². The molecule has 2 nitrogen and oxygen atoms in total. The number of amides is 1. The van der Waals surface area contributed by atoms with Crippen molar-refractivity contribution in [2.75, 3.05) is 0 Å². The highest BCUT2D eigenvalue weighted by atomic mass is 19.3. The van der Waals surface area contributed by atoms with Gasteiger partial charge in [0.05, 0.1) is 0 Å². The molecule has 0 spiro atoms. The number of carbonyl (C=O) groups is 1. The summed E-state index contributed by atoms with van der Waals surface area (Å²) in [6.45, 7) is 10.0. The van der Waals surface area contributed by atoms with E-state index in [0.717, 1.165) is 0 Å². The minimum absolute atomic E-state index is 0. The van der Waals surface area contributed by atoms with Crippen LogP contribution in [-0.2, 0) is 4.79 Å². The van der Waals surface area contributed by atoms with E-state index in [0.29, 0.717) is 6.92 Å². The average Bonchev–Trinajstić information content (AvgIpc) is 2.06. The smallest absolute Gasteiger partial charge is 0.321 e. The Morgan fingerprint density at radius 1 is 1.29 bits per heavy atom. The maximum Gasteiger partial charge on any atom is 0.321 e. The lowest BCUT2D eigenvalue weighted by Gasteiger charge is -2.19. The number of hydrogen-bond acceptors (Lipinski definition) is 1. The van der Waals surface area contributed by atoms with Crippen LogP contribution >= 0.6 is 0 Å². The quantitative estimate of drug-likeness (QED) is 0.763. The summed E-state index contributed by atoms with van der Waals surface area (Å²) >= 11 is 0. The van der Waals surface area contributed by atoms with Gasteiger partial charge in [-0.15, -0.1) is 0 Å². The molecule has 0 saturated heterocycles. The zero-order chi connectivity index (χ0) is 11.9. The molecule has 1 N–H and O–H groups in total. The van der Waals surface area contributed by atoms with Gasteiger partial charge in [0.2, 0.25) is 0 Å². The molecule has 0 aromatic rings. The van der Waals surface area contributed by atoms with Crippen LogP contribution in [0, 0.1) is 5.92 Å². The fourth-order valence-corrected chi connectivity index (χ4v) is 0.500. The molecule has 0 rings (SSSR count). The van der Waals surface area contributed by atoms with Gasteiger partial charge < -0.3 is 5.32 Å². The average molecular weight is 211 g/mol. The van der Waals surface area contributed by atoms with Crippen LogP contribution in [0.4, 0.5) is 8.78 Å². The molecular weight excluding hydrogens is 188 g/mol. The maximum atomic E-state index is 12.3. The molecule has 0 aliphatic rings. The van der Waals surface area contributed by atoms with Crippen LogP contribution in [0.5, 0.6) is 0 Å². The van der Waals surface area contributed by atoms with Crippen molar-refractivity contribution in [3.8, 4) is 0 Å². The second-order valence-electron chi connectivity index (χ2n) is 3.39. The van der Waals surface area contributed by atoms with Crippen LogP contribution in [0.25, 0.3) is 0 Å². The summed E-state index contributed by atoms with van der Waals surface area (Å²) in [5, 5.41) is 2.23. The van der Waals surface area contributed by atoms with Crippen molar-refractivity contribution in [1.82, 2.24) is 5.32 Å². The molecule has 0 saturated carbocycles. The Morgan fingerprint density at radius 3 is 1.86 bits per heavy atom. The lowest BCUT2D eigenvalue weighted by molar-refractivity contribution is -0.144. The van der Waals surface area contributed by atoms with Crippen LogP contribution in [0.15, 0.2) is 0 Å². The van der Waals surface area contributed by atoms with Crippen molar-refractivity contribution in [3.63, 3.8) is 0 Å². The van der Waals surface area contributed by atoms with Gasteiger partial charge in [0.25, 0.3) is 5.91 Å². The molecule has 0 radical (unpaired) electrons. The van der Waals surface area contributed by atoms with Crippen molar-refractivity contribution < 1.29 is 15.0 Å². The van der Waals surface area contributed by atoms with Gasteiger partial charge in [0.1, 0.15) is 0 Å². The van der Waals surface area contributed by atoms with Gasteiger partial charge in [-0.25, -0.2) is 0 Å². The molecule has 4 heteroatoms. The Kier molecular flexibility index (Phi) is 7.59. The first-order valence-corrected chi connectivity index (χ1v) is 4.94. The summed E-state index contributed by atoms with van der Waals surface area (Å²) < 4.78 is 24.7. The zero-order valence-corrected chi connectivity index (χ0v) is 9.82. The third-order valence-electron chi connectivity index (χ3n) is 1.76. The minimum atomic E-state index is -3.27. The number of carbonyl (C=O) groups excluding carboxylic acids is 1. The number of rotatable bonds is 3. The molecule has 0 unspecified atom stereocenters. The normalized spacial score (nSPS) is 12.9. The molecule has 0 bridgehead atoms. The summed E-state index contributed by atoms with van der Waals surface area (Å²) in [6, 6.07) is -0.219. The summed E-state index contributed by atoms with van der Waals surface area (Å²) in [6.07, 6.45) is 0. The molecule has 0 aromatic heterocycles. The second kappa shape index (κ2) is 6.74. The molecule has 1 atom stereocenters. The molecule has 0 heterocycles. The van der Waals surface area contributed by atoms with Gasteiger partial charge in [-0.05, 0) is 12.8 Å². The van der Waals surface area contributed by atoms with Crippen molar-refractivity contribution in [3.05, 3.63) is 0 Å². The van der Waals surface area contributed by atoms with E-state index in [1.54, 1.807) is 6.92 Å². The molecule has 0 aliphatic heterocycles. The van der Waals surface area contributed by atoms with Crippen molar-refractivity contribution in [2.45, 2.75) is 53.5 Å². The molecule has 0 aromatic carbocycles. The summed E-state index contributed by atoms with van der Waals surface area (Å²) in [5.74, 6) is -4.32. The largest absolute Gasteiger partial charge is 0.348 e. The summed E-state index contributed by atoms with van der Waals surface area (Å²) in [4.78, 5) is 10.7. The fourth-order valence-electron chi connectivity index (χ4n) is 0.500. The van der Waals surface area contributed by atoms with Gasteiger partial charge >= 0.3 is 5.92 Å². The first-order valence-electron chi connectivity index (χ1n) is 4.94. The predicted octanol–water partition coefficient (Wildman–Crippen LogP) is 3.07. The Bertz CT molecular complexity index is 169. The van der Waals surface area contributed by atoms with Crippen LogP contribution in [-0.4, -0.2) is 17.9 Å². The molecule has 1 amide bonds. The van der Waals surface area contributed by atoms with Crippen LogP contribution in [0.2, 0.25) is 0 Å². The lowest BCUT2D eigenvalue weighted by Crippen LogP contribution is -2.44. The monoisotopic (exact) mass is 211 g/mol. The predicted molar refractivity (Wildman–Crippen MR) is 56.5 cm³/mol. The van der Waals surface area contributed by atoms with E-state index in [-0.39, 0.29) is 13.4 Å². The highest BCUT2D eigenvalue weighted by molar-refractivity contribution is 5.83. The molecule has 14 heavy (non-hydrogen) atoms. The van der Waals surface area contributed by atoms with Crippen molar-refractivity contribution in [1.29, 1.82) is 0 Å². The van der Waals surface area contributed by atoms with E-state index in [1.807, 2.05) is 27.7 Å². The van der Waals surface area contributed by atoms with Gasteiger partial charge in [0.15, 0.2) is 0 Å². The summed E-state index contributed by atoms with van der Waals surface area (Å²) in [7, 11) is 0. The fraction of sp³-hybridized carbons (Fsp3) is 0.900. The number of halogens is 2. The number of hydrogen-bond donors (Lipinski definition) is 1. The number of nitrogens with one attached hydrogen (secondary N) is 1. The summed E-state index contributed by atoms with van der Waals surface area (Å²) in [5.41, 5.74) is 0.